The van der Waals surface area contributed by atoms with Gasteiger partial charge in [-0.05, 0) is 21.5 Å². The SMILES string of the molecule is COc1cc(C(=O)OCCc2cn[nH]c2)sc1Br. The number of esters is 1. The second-order valence-electron chi connectivity index (χ2n) is 3.45. The van der Waals surface area contributed by atoms with Crippen LogP contribution in [0.3, 0.4) is 0 Å². The number of ether oxygens (including phenoxy) is 2. The lowest BCUT2D eigenvalue weighted by atomic mass is 10.3. The van der Waals surface area contributed by atoms with Crippen LogP contribution in [0.4, 0.5) is 0 Å². The van der Waals surface area contributed by atoms with Gasteiger partial charge in [0.15, 0.2) is 0 Å². The lowest BCUT2D eigenvalue weighted by Gasteiger charge is -2.01. The number of rotatable bonds is 5. The van der Waals surface area contributed by atoms with Gasteiger partial charge in [-0.3, -0.25) is 5.10 Å². The summed E-state index contributed by atoms with van der Waals surface area (Å²) >= 11 is 4.61. The molecule has 0 aliphatic heterocycles. The summed E-state index contributed by atoms with van der Waals surface area (Å²) in [5.41, 5.74) is 1.01. The van der Waals surface area contributed by atoms with Gasteiger partial charge in [-0.1, -0.05) is 0 Å². The summed E-state index contributed by atoms with van der Waals surface area (Å²) in [5.74, 6) is 0.300. The first kappa shape index (κ1) is 13.1. The Bertz CT molecular complexity index is 524. The van der Waals surface area contributed by atoms with Crippen LogP contribution in [0.1, 0.15) is 15.2 Å². The highest BCUT2D eigenvalue weighted by atomic mass is 79.9. The molecule has 0 radical (unpaired) electrons. The summed E-state index contributed by atoms with van der Waals surface area (Å²) in [6.07, 6.45) is 4.13. The molecule has 2 aromatic heterocycles. The minimum absolute atomic E-state index is 0.330. The number of hydrogen-bond donors (Lipinski definition) is 1. The number of aromatic amines is 1. The van der Waals surface area contributed by atoms with Crippen molar-refractivity contribution in [3.8, 4) is 5.75 Å². The quantitative estimate of drug-likeness (QED) is 0.856. The fourth-order valence-corrected chi connectivity index (χ4v) is 2.88. The molecule has 2 heterocycles. The second kappa shape index (κ2) is 6.01. The van der Waals surface area contributed by atoms with Gasteiger partial charge in [0.2, 0.25) is 0 Å². The van der Waals surface area contributed by atoms with E-state index in [0.717, 1.165) is 9.35 Å². The maximum absolute atomic E-state index is 11.7. The number of hydrogen-bond acceptors (Lipinski definition) is 5. The van der Waals surface area contributed by atoms with E-state index >= 15 is 0 Å². The van der Waals surface area contributed by atoms with E-state index in [4.69, 9.17) is 9.47 Å². The standard InChI is InChI=1S/C11H11BrN2O3S/c1-16-8-4-9(18-10(8)12)11(15)17-3-2-7-5-13-14-6-7/h4-6H,2-3H2,1H3,(H,13,14). The molecule has 2 aromatic rings. The van der Waals surface area contributed by atoms with E-state index in [0.29, 0.717) is 23.7 Å². The third-order valence-electron chi connectivity index (χ3n) is 2.26. The van der Waals surface area contributed by atoms with Gasteiger partial charge in [0.05, 0.1) is 19.9 Å². The molecule has 0 aliphatic rings. The third-order valence-corrected chi connectivity index (χ3v) is 4.02. The van der Waals surface area contributed by atoms with E-state index in [1.165, 1.54) is 11.3 Å². The molecule has 0 fully saturated rings. The van der Waals surface area contributed by atoms with Crippen LogP contribution in [0.15, 0.2) is 22.2 Å². The van der Waals surface area contributed by atoms with Crippen molar-refractivity contribution in [2.75, 3.05) is 13.7 Å². The number of carbonyl (C=O) groups excluding carboxylic acids is 1. The van der Waals surface area contributed by atoms with Crippen LogP contribution in [-0.4, -0.2) is 29.9 Å². The highest BCUT2D eigenvalue weighted by Gasteiger charge is 2.14. The van der Waals surface area contributed by atoms with E-state index in [9.17, 15) is 4.79 Å². The molecule has 0 aliphatic carbocycles. The summed E-state index contributed by atoms with van der Waals surface area (Å²) < 4.78 is 11.0. The number of H-pyrrole nitrogens is 1. The minimum Gasteiger partial charge on any atom is -0.495 e. The van der Waals surface area contributed by atoms with Crippen molar-refractivity contribution in [1.82, 2.24) is 10.2 Å². The predicted octanol–water partition coefficient (Wildman–Crippen LogP) is 2.64. The van der Waals surface area contributed by atoms with Gasteiger partial charge in [0, 0.05) is 18.7 Å². The van der Waals surface area contributed by atoms with E-state index < -0.39 is 0 Å². The number of nitrogens with one attached hydrogen (secondary N) is 1. The number of carbonyl (C=O) groups is 1. The van der Waals surface area contributed by atoms with E-state index in [-0.39, 0.29) is 5.97 Å². The molecule has 18 heavy (non-hydrogen) atoms. The average Bonchev–Trinajstić information content (AvgIpc) is 2.98. The predicted molar refractivity (Wildman–Crippen MR) is 71.1 cm³/mol. The van der Waals surface area contributed by atoms with Gasteiger partial charge in [0.1, 0.15) is 14.4 Å². The Morgan fingerprint density at radius 3 is 3.06 bits per heavy atom. The summed E-state index contributed by atoms with van der Waals surface area (Å²) in [4.78, 5) is 12.3. The summed E-state index contributed by atoms with van der Waals surface area (Å²) in [5, 5.41) is 6.52. The van der Waals surface area contributed by atoms with Gasteiger partial charge in [0.25, 0.3) is 0 Å². The first-order chi connectivity index (χ1) is 8.70. The number of nitrogens with zero attached hydrogens (tertiary/aromatic N) is 1. The van der Waals surface area contributed by atoms with Crippen molar-refractivity contribution >= 4 is 33.2 Å². The molecule has 2 rings (SSSR count). The molecule has 0 unspecified atom stereocenters. The van der Waals surface area contributed by atoms with E-state index in [1.807, 2.05) is 0 Å². The topological polar surface area (TPSA) is 64.2 Å². The van der Waals surface area contributed by atoms with Crippen molar-refractivity contribution < 1.29 is 14.3 Å². The molecule has 1 N–H and O–H groups in total. The second-order valence-corrected chi connectivity index (χ2v) is 5.82. The van der Waals surface area contributed by atoms with E-state index in [2.05, 4.69) is 26.1 Å². The summed E-state index contributed by atoms with van der Waals surface area (Å²) in [7, 11) is 1.56. The first-order valence-electron chi connectivity index (χ1n) is 5.19. The molecule has 0 spiro atoms. The van der Waals surface area contributed by atoms with Gasteiger partial charge in [-0.25, -0.2) is 4.79 Å². The molecule has 0 atom stereocenters. The Morgan fingerprint density at radius 2 is 2.44 bits per heavy atom. The smallest absolute Gasteiger partial charge is 0.348 e. The van der Waals surface area contributed by atoms with Crippen LogP contribution in [-0.2, 0) is 11.2 Å². The Kier molecular flexibility index (Phi) is 4.38. The maximum Gasteiger partial charge on any atom is 0.348 e. The monoisotopic (exact) mass is 330 g/mol. The molecule has 0 aromatic carbocycles. The maximum atomic E-state index is 11.7. The Labute approximate surface area is 116 Å². The van der Waals surface area contributed by atoms with Gasteiger partial charge in [-0.2, -0.15) is 5.10 Å². The summed E-state index contributed by atoms with van der Waals surface area (Å²) in [6, 6.07) is 1.66. The zero-order valence-electron chi connectivity index (χ0n) is 9.60. The van der Waals surface area contributed by atoms with Crippen molar-refractivity contribution in [1.29, 1.82) is 0 Å². The number of thiophene rings is 1. The highest BCUT2D eigenvalue weighted by molar-refractivity contribution is 9.11. The first-order valence-corrected chi connectivity index (χ1v) is 6.79. The fourth-order valence-electron chi connectivity index (χ4n) is 1.34. The minimum atomic E-state index is -0.340. The lowest BCUT2D eigenvalue weighted by Crippen LogP contribution is -2.06. The zero-order chi connectivity index (χ0) is 13.0. The normalized spacial score (nSPS) is 10.3. The van der Waals surface area contributed by atoms with Crippen LogP contribution >= 0.6 is 27.3 Å². The molecule has 96 valence electrons. The average molecular weight is 331 g/mol. The van der Waals surface area contributed by atoms with Gasteiger partial charge in [-0.15, -0.1) is 11.3 Å². The molecule has 0 saturated carbocycles. The number of aromatic nitrogens is 2. The van der Waals surface area contributed by atoms with Crippen molar-refractivity contribution in [3.63, 3.8) is 0 Å². The lowest BCUT2D eigenvalue weighted by molar-refractivity contribution is 0.0515. The molecule has 0 bridgehead atoms. The Balaban J connectivity index is 1.87. The largest absolute Gasteiger partial charge is 0.495 e. The molecular formula is C11H11BrN2O3S. The van der Waals surface area contributed by atoms with E-state index in [1.54, 1.807) is 25.6 Å². The molecule has 0 saturated heterocycles. The molecule has 7 heteroatoms. The van der Waals surface area contributed by atoms with Crippen molar-refractivity contribution in [2.45, 2.75) is 6.42 Å². The number of halogens is 1. The highest BCUT2D eigenvalue weighted by Crippen LogP contribution is 2.34. The van der Waals surface area contributed by atoms with Crippen LogP contribution in [0.25, 0.3) is 0 Å². The van der Waals surface area contributed by atoms with Gasteiger partial charge >= 0.3 is 5.97 Å². The van der Waals surface area contributed by atoms with Crippen molar-refractivity contribution in [2.24, 2.45) is 0 Å². The zero-order valence-corrected chi connectivity index (χ0v) is 12.0. The molecule has 5 nitrogen and oxygen atoms in total. The van der Waals surface area contributed by atoms with Crippen LogP contribution in [0.5, 0.6) is 5.75 Å². The number of methoxy groups -OCH3 is 1. The Morgan fingerprint density at radius 1 is 1.61 bits per heavy atom. The van der Waals surface area contributed by atoms with Crippen LogP contribution in [0.2, 0.25) is 0 Å². The van der Waals surface area contributed by atoms with Crippen LogP contribution in [0, 0.1) is 0 Å². The fraction of sp³-hybridized carbons (Fsp3) is 0.273. The Hall–Kier alpha value is -1.34. The van der Waals surface area contributed by atoms with Crippen molar-refractivity contribution in [3.05, 3.63) is 32.7 Å². The summed E-state index contributed by atoms with van der Waals surface area (Å²) in [6.45, 7) is 0.330. The van der Waals surface area contributed by atoms with Gasteiger partial charge < -0.3 is 9.47 Å². The third kappa shape index (κ3) is 3.11. The van der Waals surface area contributed by atoms with Crippen LogP contribution < -0.4 is 4.74 Å². The molecular weight excluding hydrogens is 320 g/mol. The molecule has 0 amide bonds.